The minimum absolute atomic E-state index is 0.362. The van der Waals surface area contributed by atoms with Gasteiger partial charge in [-0.25, -0.2) is 0 Å². The van der Waals surface area contributed by atoms with Crippen molar-refractivity contribution in [3.63, 3.8) is 0 Å². The molecule has 0 aromatic rings. The highest BCUT2D eigenvalue weighted by Crippen LogP contribution is 2.32. The van der Waals surface area contributed by atoms with E-state index < -0.39 is 0 Å². The van der Waals surface area contributed by atoms with Crippen molar-refractivity contribution in [2.24, 2.45) is 5.92 Å². The van der Waals surface area contributed by atoms with Crippen molar-refractivity contribution in [3.8, 4) is 0 Å². The Labute approximate surface area is 96.9 Å². The average Bonchev–Trinajstić information content (AvgIpc) is 2.93. The molecular weight excluding hydrogens is 208 g/mol. The summed E-state index contributed by atoms with van der Waals surface area (Å²) in [6.45, 7) is 3.96. The van der Waals surface area contributed by atoms with Crippen LogP contribution in [0, 0.1) is 5.92 Å². The third-order valence-electron chi connectivity index (χ3n) is 3.20. The molecule has 86 valence electrons. The molecule has 0 aromatic heterocycles. The molecule has 1 aliphatic heterocycles. The van der Waals surface area contributed by atoms with Crippen molar-refractivity contribution in [2.45, 2.75) is 44.8 Å². The van der Waals surface area contributed by atoms with Crippen LogP contribution in [0.25, 0.3) is 0 Å². The van der Waals surface area contributed by atoms with Gasteiger partial charge in [-0.3, -0.25) is 0 Å². The molecule has 0 radical (unpaired) electrons. The van der Waals surface area contributed by atoms with Gasteiger partial charge in [0.25, 0.3) is 0 Å². The lowest BCUT2D eigenvalue weighted by molar-refractivity contribution is 0.114. The monoisotopic (exact) mass is 228 g/mol. The van der Waals surface area contributed by atoms with E-state index in [2.05, 4.69) is 17.6 Å². The van der Waals surface area contributed by atoms with Gasteiger partial charge in [-0.05, 0) is 50.7 Å². The van der Waals surface area contributed by atoms with Crippen LogP contribution in [0.3, 0.4) is 0 Å². The summed E-state index contributed by atoms with van der Waals surface area (Å²) in [7, 11) is 0. The summed E-state index contributed by atoms with van der Waals surface area (Å²) in [6.07, 6.45) is 5.41. The first-order valence-electron chi connectivity index (χ1n) is 5.91. The predicted octanol–water partition coefficient (Wildman–Crippen LogP) is 1.43. The number of hydrogen-bond acceptors (Lipinski definition) is 2. The number of rotatable bonds is 4. The Hall–Kier alpha value is -0.350. The van der Waals surface area contributed by atoms with Crippen molar-refractivity contribution in [2.75, 3.05) is 13.2 Å². The number of thiocarbonyl (C=S) groups is 1. The summed E-state index contributed by atoms with van der Waals surface area (Å²) in [4.78, 5) is 0. The van der Waals surface area contributed by atoms with E-state index in [0.29, 0.717) is 12.1 Å². The summed E-state index contributed by atoms with van der Waals surface area (Å²) < 4.78 is 5.52. The molecule has 2 fully saturated rings. The van der Waals surface area contributed by atoms with Crippen LogP contribution in [0.15, 0.2) is 0 Å². The zero-order chi connectivity index (χ0) is 10.7. The molecule has 1 saturated carbocycles. The summed E-state index contributed by atoms with van der Waals surface area (Å²) in [5.74, 6) is 0.840. The smallest absolute Gasteiger partial charge is 0.166 e. The molecule has 0 amide bonds. The van der Waals surface area contributed by atoms with Crippen molar-refractivity contribution < 1.29 is 4.74 Å². The Morgan fingerprint density at radius 2 is 2.27 bits per heavy atom. The van der Waals surface area contributed by atoms with Crippen LogP contribution in [0.1, 0.15) is 32.6 Å². The molecule has 0 aromatic carbocycles. The molecule has 15 heavy (non-hydrogen) atoms. The molecule has 4 heteroatoms. The predicted molar refractivity (Wildman–Crippen MR) is 64.9 cm³/mol. The second kappa shape index (κ2) is 5.12. The maximum absolute atomic E-state index is 5.52. The molecule has 2 aliphatic rings. The van der Waals surface area contributed by atoms with Crippen molar-refractivity contribution in [3.05, 3.63) is 0 Å². The first-order chi connectivity index (χ1) is 7.25. The fourth-order valence-electron chi connectivity index (χ4n) is 1.98. The van der Waals surface area contributed by atoms with Crippen LogP contribution in [0.5, 0.6) is 0 Å². The van der Waals surface area contributed by atoms with Gasteiger partial charge in [-0.1, -0.05) is 0 Å². The Morgan fingerprint density at radius 3 is 2.87 bits per heavy atom. The van der Waals surface area contributed by atoms with Gasteiger partial charge >= 0.3 is 0 Å². The fraction of sp³-hybridized carbons (Fsp3) is 0.909. The third-order valence-corrected chi connectivity index (χ3v) is 3.46. The SMILES string of the molecule is C[C@H](NC(=S)NC[C@H]1CCCO1)C1CC1. The Balaban J connectivity index is 1.59. The van der Waals surface area contributed by atoms with E-state index in [-0.39, 0.29) is 0 Å². The topological polar surface area (TPSA) is 33.3 Å². The summed E-state index contributed by atoms with van der Waals surface area (Å²) in [6, 6.07) is 0.523. The highest BCUT2D eigenvalue weighted by Gasteiger charge is 2.28. The molecule has 1 saturated heterocycles. The largest absolute Gasteiger partial charge is 0.376 e. The second-order valence-corrected chi connectivity index (χ2v) is 5.02. The maximum atomic E-state index is 5.52. The summed E-state index contributed by atoms with van der Waals surface area (Å²) in [5.41, 5.74) is 0. The standard InChI is InChI=1S/C11H20N2OS/c1-8(9-4-5-9)13-11(15)12-7-10-3-2-6-14-10/h8-10H,2-7H2,1H3,(H2,12,13,15)/t8-,10+/m0/s1. The lowest BCUT2D eigenvalue weighted by Gasteiger charge is -2.18. The van der Waals surface area contributed by atoms with Crippen LogP contribution >= 0.6 is 12.2 Å². The zero-order valence-corrected chi connectivity index (χ0v) is 10.1. The van der Waals surface area contributed by atoms with E-state index in [1.165, 1.54) is 19.3 Å². The normalized spacial score (nSPS) is 27.4. The van der Waals surface area contributed by atoms with Crippen molar-refractivity contribution >= 4 is 17.3 Å². The highest BCUT2D eigenvalue weighted by molar-refractivity contribution is 7.80. The number of ether oxygens (including phenoxy) is 1. The molecule has 1 heterocycles. The van der Waals surface area contributed by atoms with E-state index in [1.54, 1.807) is 0 Å². The maximum Gasteiger partial charge on any atom is 0.166 e. The van der Waals surface area contributed by atoms with Gasteiger partial charge < -0.3 is 15.4 Å². The summed E-state index contributed by atoms with van der Waals surface area (Å²) in [5, 5.41) is 7.35. The zero-order valence-electron chi connectivity index (χ0n) is 9.29. The molecule has 0 spiro atoms. The van der Waals surface area contributed by atoms with Crippen LogP contribution in [0.4, 0.5) is 0 Å². The first-order valence-corrected chi connectivity index (χ1v) is 6.32. The molecule has 0 unspecified atom stereocenters. The molecule has 1 aliphatic carbocycles. The third kappa shape index (κ3) is 3.61. The molecule has 2 atom stereocenters. The Kier molecular flexibility index (Phi) is 3.81. The van der Waals surface area contributed by atoms with E-state index in [0.717, 1.165) is 30.6 Å². The van der Waals surface area contributed by atoms with Gasteiger partial charge in [0, 0.05) is 19.2 Å². The second-order valence-electron chi connectivity index (χ2n) is 4.62. The van der Waals surface area contributed by atoms with Crippen molar-refractivity contribution in [1.82, 2.24) is 10.6 Å². The van der Waals surface area contributed by atoms with E-state index in [9.17, 15) is 0 Å². The van der Waals surface area contributed by atoms with Crippen LogP contribution in [-0.2, 0) is 4.74 Å². The fourth-order valence-corrected chi connectivity index (χ4v) is 2.25. The van der Waals surface area contributed by atoms with Crippen LogP contribution in [-0.4, -0.2) is 30.4 Å². The lowest BCUT2D eigenvalue weighted by atomic mass is 10.2. The Morgan fingerprint density at radius 1 is 1.47 bits per heavy atom. The highest BCUT2D eigenvalue weighted by atomic mass is 32.1. The van der Waals surface area contributed by atoms with E-state index >= 15 is 0 Å². The number of hydrogen-bond donors (Lipinski definition) is 2. The summed E-state index contributed by atoms with van der Waals surface area (Å²) >= 11 is 5.23. The van der Waals surface area contributed by atoms with Gasteiger partial charge in [0.15, 0.2) is 5.11 Å². The quantitative estimate of drug-likeness (QED) is 0.713. The van der Waals surface area contributed by atoms with Gasteiger partial charge in [-0.2, -0.15) is 0 Å². The van der Waals surface area contributed by atoms with Crippen LogP contribution in [0.2, 0.25) is 0 Å². The van der Waals surface area contributed by atoms with Gasteiger partial charge in [0.1, 0.15) is 0 Å². The van der Waals surface area contributed by atoms with E-state index in [1.807, 2.05) is 0 Å². The van der Waals surface area contributed by atoms with Crippen LogP contribution < -0.4 is 10.6 Å². The molecular formula is C11H20N2OS. The van der Waals surface area contributed by atoms with E-state index in [4.69, 9.17) is 17.0 Å². The molecule has 3 nitrogen and oxygen atoms in total. The first kappa shape index (κ1) is 11.1. The van der Waals surface area contributed by atoms with Gasteiger partial charge in [0.05, 0.1) is 6.10 Å². The van der Waals surface area contributed by atoms with Gasteiger partial charge in [0.2, 0.25) is 0 Å². The lowest BCUT2D eigenvalue weighted by Crippen LogP contribution is -2.43. The minimum Gasteiger partial charge on any atom is -0.376 e. The average molecular weight is 228 g/mol. The van der Waals surface area contributed by atoms with Crippen molar-refractivity contribution in [1.29, 1.82) is 0 Å². The van der Waals surface area contributed by atoms with Gasteiger partial charge in [-0.15, -0.1) is 0 Å². The minimum atomic E-state index is 0.362. The molecule has 0 bridgehead atoms. The molecule has 2 N–H and O–H groups in total. The molecule has 2 rings (SSSR count). The Bertz CT molecular complexity index is 225. The number of nitrogens with one attached hydrogen (secondary N) is 2.